The van der Waals surface area contributed by atoms with Crippen LogP contribution < -0.4 is 15.8 Å². The molecule has 1 fully saturated rings. The number of nitrogens with two attached hydrogens (primary N) is 1. The van der Waals surface area contributed by atoms with Crippen LogP contribution in [0.4, 0.5) is 5.69 Å². The van der Waals surface area contributed by atoms with Crippen LogP contribution in [0, 0.1) is 5.41 Å². The summed E-state index contributed by atoms with van der Waals surface area (Å²) >= 11 is 1.77. The van der Waals surface area contributed by atoms with Crippen molar-refractivity contribution in [2.24, 2.45) is 11.1 Å². The Morgan fingerprint density at radius 1 is 1.35 bits per heavy atom. The normalized spacial score (nSPS) is 24.9. The van der Waals surface area contributed by atoms with Gasteiger partial charge in [-0.05, 0) is 29.7 Å². The van der Waals surface area contributed by atoms with Crippen LogP contribution >= 0.6 is 11.8 Å². The van der Waals surface area contributed by atoms with Crippen molar-refractivity contribution in [2.75, 3.05) is 23.9 Å². The molecule has 1 aromatic carbocycles. The molecule has 1 saturated heterocycles. The Hall–Kier alpha value is -1.36. The average Bonchev–Trinajstić information content (AvgIpc) is 2.38. The third-order valence-corrected chi connectivity index (χ3v) is 5.26. The van der Waals surface area contributed by atoms with Crippen LogP contribution in [-0.4, -0.2) is 30.1 Å². The molecule has 2 rings (SSSR count). The van der Waals surface area contributed by atoms with Gasteiger partial charge < -0.3 is 15.8 Å². The predicted molar refractivity (Wildman–Crippen MR) is 84.3 cm³/mol. The second-order valence-electron chi connectivity index (χ2n) is 6.11. The molecule has 1 unspecified atom stereocenters. The summed E-state index contributed by atoms with van der Waals surface area (Å²) in [5.74, 6) is 2.14. The number of hydrogen-bond donors (Lipinski definition) is 2. The van der Waals surface area contributed by atoms with Gasteiger partial charge in [0.05, 0.1) is 12.8 Å². The molecule has 0 aliphatic carbocycles. The molecular formula is C15H22N2O2S. The van der Waals surface area contributed by atoms with Crippen LogP contribution in [0.5, 0.6) is 5.75 Å². The number of anilines is 1. The minimum absolute atomic E-state index is 0.0764. The van der Waals surface area contributed by atoms with Crippen molar-refractivity contribution in [2.45, 2.75) is 25.8 Å². The Labute approximate surface area is 124 Å². The Morgan fingerprint density at radius 3 is 2.65 bits per heavy atom. The molecule has 1 aliphatic heterocycles. The van der Waals surface area contributed by atoms with Crippen LogP contribution in [0.1, 0.15) is 20.3 Å². The summed E-state index contributed by atoms with van der Waals surface area (Å²) in [6, 6.07) is 7.61. The van der Waals surface area contributed by atoms with Gasteiger partial charge in [0.15, 0.2) is 0 Å². The van der Waals surface area contributed by atoms with Crippen LogP contribution in [-0.2, 0) is 4.79 Å². The highest BCUT2D eigenvalue weighted by molar-refractivity contribution is 7.99. The molecule has 20 heavy (non-hydrogen) atoms. The van der Waals surface area contributed by atoms with E-state index in [1.807, 2.05) is 24.3 Å². The maximum absolute atomic E-state index is 12.1. The van der Waals surface area contributed by atoms with Gasteiger partial charge in [-0.25, -0.2) is 0 Å². The molecule has 1 amide bonds. The summed E-state index contributed by atoms with van der Waals surface area (Å²) in [6.07, 6.45) is 0.723. The topological polar surface area (TPSA) is 64.3 Å². The predicted octanol–water partition coefficient (Wildman–Crippen LogP) is 2.49. The van der Waals surface area contributed by atoms with Gasteiger partial charge in [0.1, 0.15) is 11.3 Å². The van der Waals surface area contributed by atoms with Gasteiger partial charge in [-0.2, -0.15) is 11.8 Å². The number of hydrogen-bond acceptors (Lipinski definition) is 4. The molecule has 1 heterocycles. The van der Waals surface area contributed by atoms with Gasteiger partial charge >= 0.3 is 0 Å². The van der Waals surface area contributed by atoms with Gasteiger partial charge in [-0.1, -0.05) is 26.0 Å². The van der Waals surface area contributed by atoms with Crippen LogP contribution in [0.3, 0.4) is 0 Å². The largest absolute Gasteiger partial charge is 0.495 e. The quantitative estimate of drug-likeness (QED) is 0.895. The third-order valence-electron chi connectivity index (χ3n) is 3.57. The summed E-state index contributed by atoms with van der Waals surface area (Å²) in [5, 5.41) is 3.35. The van der Waals surface area contributed by atoms with E-state index in [2.05, 4.69) is 19.2 Å². The highest BCUT2D eigenvalue weighted by Crippen LogP contribution is 2.41. The number of primary amides is 1. The van der Waals surface area contributed by atoms with Gasteiger partial charge in [0.25, 0.3) is 0 Å². The van der Waals surface area contributed by atoms with E-state index in [-0.39, 0.29) is 11.3 Å². The third kappa shape index (κ3) is 3.03. The molecule has 0 spiro atoms. The lowest BCUT2D eigenvalue weighted by Gasteiger charge is -2.43. The molecule has 1 aliphatic rings. The fraction of sp³-hybridized carbons (Fsp3) is 0.533. The fourth-order valence-electron chi connectivity index (χ4n) is 2.73. The number of methoxy groups -OCH3 is 1. The van der Waals surface area contributed by atoms with Crippen molar-refractivity contribution in [3.05, 3.63) is 24.3 Å². The van der Waals surface area contributed by atoms with E-state index in [1.165, 1.54) is 0 Å². The van der Waals surface area contributed by atoms with Crippen molar-refractivity contribution in [1.82, 2.24) is 0 Å². The van der Waals surface area contributed by atoms with E-state index in [1.54, 1.807) is 18.9 Å². The second-order valence-corrected chi connectivity index (χ2v) is 7.09. The minimum atomic E-state index is -0.721. The Bertz CT molecular complexity index is 504. The van der Waals surface area contributed by atoms with Crippen molar-refractivity contribution in [3.63, 3.8) is 0 Å². The molecule has 0 bridgehead atoms. The number of para-hydroxylation sites is 2. The zero-order valence-corrected chi connectivity index (χ0v) is 13.0. The summed E-state index contributed by atoms with van der Waals surface area (Å²) < 4.78 is 5.34. The molecule has 1 aromatic rings. The lowest BCUT2D eigenvalue weighted by Crippen LogP contribution is -2.57. The van der Waals surface area contributed by atoms with Crippen molar-refractivity contribution in [1.29, 1.82) is 0 Å². The molecule has 0 saturated carbocycles. The van der Waals surface area contributed by atoms with Crippen LogP contribution in [0.25, 0.3) is 0 Å². The standard InChI is InChI=1S/C15H22N2O2S/c1-14(2)8-15(13(16)18,10-20-9-14)17-11-6-4-5-7-12(11)19-3/h4-7,17H,8-10H2,1-3H3,(H2,16,18). The number of rotatable bonds is 4. The number of carbonyl (C=O) groups is 1. The molecule has 0 radical (unpaired) electrons. The van der Waals surface area contributed by atoms with Crippen molar-refractivity contribution < 1.29 is 9.53 Å². The highest BCUT2D eigenvalue weighted by atomic mass is 32.2. The lowest BCUT2D eigenvalue weighted by molar-refractivity contribution is -0.122. The van der Waals surface area contributed by atoms with E-state index >= 15 is 0 Å². The first-order chi connectivity index (χ1) is 9.38. The zero-order valence-electron chi connectivity index (χ0n) is 12.2. The lowest BCUT2D eigenvalue weighted by atomic mass is 9.79. The second kappa shape index (κ2) is 5.56. The van der Waals surface area contributed by atoms with Gasteiger partial charge in [0.2, 0.25) is 5.91 Å². The van der Waals surface area contributed by atoms with Crippen LogP contribution in [0.15, 0.2) is 24.3 Å². The molecular weight excluding hydrogens is 272 g/mol. The smallest absolute Gasteiger partial charge is 0.243 e. The van der Waals surface area contributed by atoms with Gasteiger partial charge in [-0.3, -0.25) is 4.79 Å². The maximum atomic E-state index is 12.1. The molecule has 3 N–H and O–H groups in total. The first-order valence-electron chi connectivity index (χ1n) is 6.67. The number of nitrogens with one attached hydrogen (secondary N) is 1. The van der Waals surface area contributed by atoms with Gasteiger partial charge in [0, 0.05) is 5.75 Å². The number of benzene rings is 1. The molecule has 1 atom stereocenters. The molecule has 5 heteroatoms. The minimum Gasteiger partial charge on any atom is -0.495 e. The van der Waals surface area contributed by atoms with Crippen LogP contribution in [0.2, 0.25) is 0 Å². The van der Waals surface area contributed by atoms with E-state index in [0.717, 1.165) is 23.6 Å². The number of ether oxygens (including phenoxy) is 1. The maximum Gasteiger partial charge on any atom is 0.243 e. The van der Waals surface area contributed by atoms with Gasteiger partial charge in [-0.15, -0.1) is 0 Å². The van der Waals surface area contributed by atoms with E-state index < -0.39 is 5.54 Å². The molecule has 4 nitrogen and oxygen atoms in total. The number of amides is 1. The average molecular weight is 294 g/mol. The summed E-state index contributed by atoms with van der Waals surface area (Å²) in [5.41, 5.74) is 5.87. The molecule has 0 aromatic heterocycles. The Morgan fingerprint density at radius 2 is 2.05 bits per heavy atom. The fourth-order valence-corrected chi connectivity index (χ4v) is 4.15. The monoisotopic (exact) mass is 294 g/mol. The summed E-state index contributed by atoms with van der Waals surface area (Å²) in [4.78, 5) is 12.1. The zero-order chi connectivity index (χ0) is 14.8. The summed E-state index contributed by atoms with van der Waals surface area (Å²) in [6.45, 7) is 4.33. The SMILES string of the molecule is COc1ccccc1NC1(C(N)=O)CSCC(C)(C)C1. The van der Waals surface area contributed by atoms with E-state index in [4.69, 9.17) is 10.5 Å². The van der Waals surface area contributed by atoms with Crippen molar-refractivity contribution >= 4 is 23.4 Å². The number of carbonyl (C=O) groups excluding carboxylic acids is 1. The Kier molecular flexibility index (Phi) is 4.18. The van der Waals surface area contributed by atoms with E-state index in [9.17, 15) is 4.79 Å². The van der Waals surface area contributed by atoms with Crippen molar-refractivity contribution in [3.8, 4) is 5.75 Å². The first kappa shape index (κ1) is 15.0. The van der Waals surface area contributed by atoms with E-state index in [0.29, 0.717) is 5.75 Å². The Balaban J connectivity index is 2.32. The first-order valence-corrected chi connectivity index (χ1v) is 7.83. The summed E-state index contributed by atoms with van der Waals surface area (Å²) in [7, 11) is 1.62. The number of thioether (sulfide) groups is 1. The molecule has 110 valence electrons. The highest BCUT2D eigenvalue weighted by Gasteiger charge is 2.45.